The van der Waals surface area contributed by atoms with Crippen molar-refractivity contribution in [3.63, 3.8) is 0 Å². The van der Waals surface area contributed by atoms with E-state index >= 15 is 0 Å². The molecule has 0 atom stereocenters. The van der Waals surface area contributed by atoms with E-state index in [1.807, 2.05) is 11.8 Å². The fourth-order valence-electron chi connectivity index (χ4n) is 3.70. The third kappa shape index (κ3) is 2.40. The molecule has 1 fully saturated rings. The Morgan fingerprint density at radius 2 is 1.83 bits per heavy atom. The van der Waals surface area contributed by atoms with Gasteiger partial charge in [0.15, 0.2) is 0 Å². The minimum Gasteiger partial charge on any atom is -0.338 e. The summed E-state index contributed by atoms with van der Waals surface area (Å²) >= 11 is 1.40. The number of carbonyl (C=O) groups is 1. The minimum absolute atomic E-state index is 0.0335. The van der Waals surface area contributed by atoms with Crippen LogP contribution in [0.5, 0.6) is 0 Å². The van der Waals surface area contributed by atoms with Gasteiger partial charge in [0.2, 0.25) is 0 Å². The highest BCUT2D eigenvalue weighted by atomic mass is 32.1. The summed E-state index contributed by atoms with van der Waals surface area (Å²) in [5.74, 6) is 0.953. The van der Waals surface area contributed by atoms with Crippen LogP contribution in [-0.2, 0) is 13.0 Å². The second-order valence-electron chi connectivity index (χ2n) is 6.53. The van der Waals surface area contributed by atoms with Gasteiger partial charge in [-0.2, -0.15) is 0 Å². The Bertz CT molecular complexity index is 828. The van der Waals surface area contributed by atoms with Crippen LogP contribution in [0.2, 0.25) is 0 Å². The lowest BCUT2D eigenvalue weighted by molar-refractivity contribution is 0.0766. The lowest BCUT2D eigenvalue weighted by Crippen LogP contribution is -2.31. The van der Waals surface area contributed by atoms with E-state index in [4.69, 9.17) is 0 Å². The second kappa shape index (κ2) is 5.74. The lowest BCUT2D eigenvalue weighted by atomic mass is 10.2. The molecular formula is C17H21N3O2S. The van der Waals surface area contributed by atoms with Crippen LogP contribution in [0.3, 0.4) is 0 Å². The Hall–Kier alpha value is -1.69. The summed E-state index contributed by atoms with van der Waals surface area (Å²) < 4.78 is 1.78. The maximum atomic E-state index is 12.9. The fraction of sp³-hybridized carbons (Fsp3) is 0.588. The van der Waals surface area contributed by atoms with Gasteiger partial charge in [-0.1, -0.05) is 12.8 Å². The molecule has 0 spiro atoms. The SMILES string of the molecule is Cc1c(C(=O)N2CCCCCC2)sc2nc3n(c(=O)c12)CCC3. The van der Waals surface area contributed by atoms with Gasteiger partial charge in [-0.05, 0) is 31.7 Å². The molecule has 0 aliphatic carbocycles. The topological polar surface area (TPSA) is 55.2 Å². The Balaban J connectivity index is 1.79. The summed E-state index contributed by atoms with van der Waals surface area (Å²) in [5, 5.41) is 0.652. The number of rotatable bonds is 1. The van der Waals surface area contributed by atoms with Crippen molar-refractivity contribution in [1.82, 2.24) is 14.5 Å². The number of nitrogens with zero attached hydrogens (tertiary/aromatic N) is 3. The first-order chi connectivity index (χ1) is 11.2. The molecule has 2 aromatic heterocycles. The lowest BCUT2D eigenvalue weighted by Gasteiger charge is -2.19. The normalized spacial score (nSPS) is 18.2. The molecule has 2 aromatic rings. The Morgan fingerprint density at radius 1 is 1.09 bits per heavy atom. The van der Waals surface area contributed by atoms with E-state index in [0.717, 1.165) is 61.5 Å². The highest BCUT2D eigenvalue weighted by molar-refractivity contribution is 7.20. The number of aryl methyl sites for hydroxylation is 2. The third-order valence-electron chi connectivity index (χ3n) is 5.00. The van der Waals surface area contributed by atoms with Crippen LogP contribution in [0.1, 0.15) is 53.2 Å². The number of hydrogen-bond acceptors (Lipinski definition) is 4. The summed E-state index contributed by atoms with van der Waals surface area (Å²) in [6, 6.07) is 0. The number of amides is 1. The second-order valence-corrected chi connectivity index (χ2v) is 7.53. The van der Waals surface area contributed by atoms with E-state index in [9.17, 15) is 9.59 Å². The van der Waals surface area contributed by atoms with Crippen LogP contribution >= 0.6 is 11.3 Å². The highest BCUT2D eigenvalue weighted by Crippen LogP contribution is 2.30. The van der Waals surface area contributed by atoms with Crippen molar-refractivity contribution in [3.05, 3.63) is 26.6 Å². The van der Waals surface area contributed by atoms with Gasteiger partial charge < -0.3 is 4.90 Å². The monoisotopic (exact) mass is 331 g/mol. The van der Waals surface area contributed by atoms with Crippen molar-refractivity contribution < 1.29 is 4.79 Å². The summed E-state index contributed by atoms with van der Waals surface area (Å²) in [5.41, 5.74) is 0.852. The molecule has 0 radical (unpaired) electrons. The van der Waals surface area contributed by atoms with Gasteiger partial charge in [-0.3, -0.25) is 14.2 Å². The quantitative estimate of drug-likeness (QED) is 0.807. The van der Waals surface area contributed by atoms with Crippen molar-refractivity contribution in [1.29, 1.82) is 0 Å². The van der Waals surface area contributed by atoms with Crippen LogP contribution in [0, 0.1) is 6.92 Å². The van der Waals surface area contributed by atoms with Crippen molar-refractivity contribution in [3.8, 4) is 0 Å². The first-order valence-corrected chi connectivity index (χ1v) is 9.30. The van der Waals surface area contributed by atoms with Crippen molar-refractivity contribution in [2.45, 2.75) is 52.0 Å². The summed E-state index contributed by atoms with van der Waals surface area (Å²) in [4.78, 5) is 33.7. The molecule has 5 nitrogen and oxygen atoms in total. The molecule has 2 aliphatic heterocycles. The highest BCUT2D eigenvalue weighted by Gasteiger charge is 2.26. The molecule has 4 rings (SSSR count). The van der Waals surface area contributed by atoms with Crippen LogP contribution in [-0.4, -0.2) is 33.4 Å². The third-order valence-corrected chi connectivity index (χ3v) is 6.17. The van der Waals surface area contributed by atoms with E-state index in [-0.39, 0.29) is 11.5 Å². The number of likely N-dealkylation sites (tertiary alicyclic amines) is 1. The molecule has 0 saturated carbocycles. The van der Waals surface area contributed by atoms with Gasteiger partial charge in [-0.15, -0.1) is 11.3 Å². The fourth-order valence-corrected chi connectivity index (χ4v) is 4.86. The average molecular weight is 331 g/mol. The number of fused-ring (bicyclic) bond motifs is 2. The molecule has 23 heavy (non-hydrogen) atoms. The molecule has 122 valence electrons. The van der Waals surface area contributed by atoms with Crippen LogP contribution in [0.4, 0.5) is 0 Å². The number of aromatic nitrogens is 2. The number of carbonyl (C=O) groups excluding carboxylic acids is 1. The van der Waals surface area contributed by atoms with Crippen LogP contribution in [0.25, 0.3) is 10.2 Å². The molecule has 0 unspecified atom stereocenters. The molecule has 1 amide bonds. The van der Waals surface area contributed by atoms with Crippen LogP contribution < -0.4 is 5.56 Å². The summed E-state index contributed by atoms with van der Waals surface area (Å²) in [6.45, 7) is 4.31. The Morgan fingerprint density at radius 3 is 2.57 bits per heavy atom. The molecule has 0 N–H and O–H groups in total. The van der Waals surface area contributed by atoms with Crippen molar-refractivity contribution >= 4 is 27.5 Å². The number of thiophene rings is 1. The maximum absolute atomic E-state index is 12.9. The van der Waals surface area contributed by atoms with E-state index in [0.29, 0.717) is 10.3 Å². The van der Waals surface area contributed by atoms with Gasteiger partial charge in [0.1, 0.15) is 10.7 Å². The molecule has 4 heterocycles. The molecule has 2 aliphatic rings. The standard InChI is InChI=1S/C17H21N3O2S/c1-11-13-15(18-12-7-6-10-20(12)16(13)21)23-14(11)17(22)19-8-4-2-3-5-9-19/h2-10H2,1H3. The van der Waals surface area contributed by atoms with E-state index in [1.54, 1.807) is 4.57 Å². The van der Waals surface area contributed by atoms with Crippen molar-refractivity contribution in [2.75, 3.05) is 13.1 Å². The summed E-state index contributed by atoms with van der Waals surface area (Å²) in [7, 11) is 0. The Labute approximate surface area is 138 Å². The first kappa shape index (κ1) is 14.9. The largest absolute Gasteiger partial charge is 0.338 e. The average Bonchev–Trinajstić information content (AvgIpc) is 3.02. The van der Waals surface area contributed by atoms with Gasteiger partial charge in [0.05, 0.1) is 10.3 Å². The van der Waals surface area contributed by atoms with Gasteiger partial charge in [-0.25, -0.2) is 4.98 Å². The molecule has 0 aromatic carbocycles. The molecule has 6 heteroatoms. The first-order valence-electron chi connectivity index (χ1n) is 8.49. The predicted molar refractivity (Wildman–Crippen MR) is 91.3 cm³/mol. The Kier molecular flexibility index (Phi) is 3.71. The van der Waals surface area contributed by atoms with Gasteiger partial charge >= 0.3 is 0 Å². The molecular weight excluding hydrogens is 310 g/mol. The zero-order valence-corrected chi connectivity index (χ0v) is 14.2. The molecule has 0 bridgehead atoms. The maximum Gasteiger partial charge on any atom is 0.264 e. The van der Waals surface area contributed by atoms with E-state index in [2.05, 4.69) is 4.98 Å². The minimum atomic E-state index is 0.0335. The van der Waals surface area contributed by atoms with Gasteiger partial charge in [0.25, 0.3) is 11.5 Å². The summed E-state index contributed by atoms with van der Waals surface area (Å²) in [6.07, 6.45) is 6.39. The zero-order chi connectivity index (χ0) is 16.0. The predicted octanol–water partition coefficient (Wildman–Crippen LogP) is 2.73. The number of hydrogen-bond donors (Lipinski definition) is 0. The van der Waals surface area contributed by atoms with E-state index in [1.165, 1.54) is 24.2 Å². The van der Waals surface area contributed by atoms with Gasteiger partial charge in [0, 0.05) is 26.1 Å². The molecule has 1 saturated heterocycles. The zero-order valence-electron chi connectivity index (χ0n) is 13.4. The van der Waals surface area contributed by atoms with E-state index < -0.39 is 0 Å². The van der Waals surface area contributed by atoms with Crippen LogP contribution in [0.15, 0.2) is 4.79 Å². The smallest absolute Gasteiger partial charge is 0.264 e. The van der Waals surface area contributed by atoms with Crippen molar-refractivity contribution in [2.24, 2.45) is 0 Å².